The lowest BCUT2D eigenvalue weighted by atomic mass is 9.94. The third-order valence-electron chi connectivity index (χ3n) is 3.79. The molecule has 17 heavy (non-hydrogen) atoms. The SMILES string of the molecule is CCC(N)C(c1ccco1)N1CCCC(C)C1. The molecule has 96 valence electrons. The van der Waals surface area contributed by atoms with Crippen LogP contribution in [0.3, 0.4) is 0 Å². The minimum atomic E-state index is 0.159. The second-order valence-electron chi connectivity index (χ2n) is 5.27. The summed E-state index contributed by atoms with van der Waals surface area (Å²) in [6.45, 7) is 6.75. The first-order valence-corrected chi connectivity index (χ1v) is 6.75. The van der Waals surface area contributed by atoms with Crippen molar-refractivity contribution in [1.29, 1.82) is 0 Å². The molecule has 3 atom stereocenters. The van der Waals surface area contributed by atoms with Crippen molar-refractivity contribution in [3.63, 3.8) is 0 Å². The standard InChI is InChI=1S/C14H24N2O/c1-3-12(15)14(13-7-5-9-17-13)16-8-4-6-11(2)10-16/h5,7,9,11-12,14H,3-4,6,8,10,15H2,1-2H3. The summed E-state index contributed by atoms with van der Waals surface area (Å²) in [4.78, 5) is 2.50. The van der Waals surface area contributed by atoms with Gasteiger partial charge in [-0.3, -0.25) is 4.90 Å². The van der Waals surface area contributed by atoms with Crippen LogP contribution in [-0.2, 0) is 0 Å². The molecule has 1 aliphatic rings. The lowest BCUT2D eigenvalue weighted by Crippen LogP contribution is -2.45. The highest BCUT2D eigenvalue weighted by atomic mass is 16.3. The molecule has 2 rings (SSSR count). The van der Waals surface area contributed by atoms with Crippen molar-refractivity contribution in [2.75, 3.05) is 13.1 Å². The van der Waals surface area contributed by atoms with Crippen molar-refractivity contribution in [2.45, 2.75) is 45.2 Å². The molecule has 0 bridgehead atoms. The third-order valence-corrected chi connectivity index (χ3v) is 3.79. The summed E-state index contributed by atoms with van der Waals surface area (Å²) in [7, 11) is 0. The number of rotatable bonds is 4. The van der Waals surface area contributed by atoms with Crippen LogP contribution < -0.4 is 5.73 Å². The van der Waals surface area contributed by atoms with Gasteiger partial charge in [0.1, 0.15) is 5.76 Å². The van der Waals surface area contributed by atoms with E-state index in [0.29, 0.717) is 0 Å². The van der Waals surface area contributed by atoms with Gasteiger partial charge in [0, 0.05) is 12.6 Å². The Kier molecular flexibility index (Phi) is 4.24. The molecule has 0 spiro atoms. The van der Waals surface area contributed by atoms with Gasteiger partial charge in [0.05, 0.1) is 12.3 Å². The highest BCUT2D eigenvalue weighted by Gasteiger charge is 2.30. The zero-order chi connectivity index (χ0) is 12.3. The molecule has 3 nitrogen and oxygen atoms in total. The van der Waals surface area contributed by atoms with E-state index in [9.17, 15) is 0 Å². The maximum Gasteiger partial charge on any atom is 0.122 e. The van der Waals surface area contributed by atoms with E-state index in [1.807, 2.05) is 6.07 Å². The first-order chi connectivity index (χ1) is 8.22. The fraction of sp³-hybridized carbons (Fsp3) is 0.714. The first-order valence-electron chi connectivity index (χ1n) is 6.75. The van der Waals surface area contributed by atoms with Crippen molar-refractivity contribution in [3.8, 4) is 0 Å². The quantitative estimate of drug-likeness (QED) is 0.874. The predicted octanol–water partition coefficient (Wildman–Crippen LogP) is 2.79. The van der Waals surface area contributed by atoms with Crippen LogP contribution in [0.15, 0.2) is 22.8 Å². The Bertz CT molecular complexity index is 323. The van der Waals surface area contributed by atoms with Crippen LogP contribution in [0.25, 0.3) is 0 Å². The van der Waals surface area contributed by atoms with Gasteiger partial charge < -0.3 is 10.2 Å². The van der Waals surface area contributed by atoms with Crippen LogP contribution in [-0.4, -0.2) is 24.0 Å². The Morgan fingerprint density at radius 1 is 1.59 bits per heavy atom. The summed E-state index contributed by atoms with van der Waals surface area (Å²) in [5.74, 6) is 1.79. The topological polar surface area (TPSA) is 42.4 Å². The fourth-order valence-electron chi connectivity index (χ4n) is 2.82. The van der Waals surface area contributed by atoms with Crippen molar-refractivity contribution in [3.05, 3.63) is 24.2 Å². The van der Waals surface area contributed by atoms with Gasteiger partial charge in [-0.2, -0.15) is 0 Å². The van der Waals surface area contributed by atoms with E-state index in [4.69, 9.17) is 10.2 Å². The number of furan rings is 1. The van der Waals surface area contributed by atoms with Crippen LogP contribution in [0.2, 0.25) is 0 Å². The van der Waals surface area contributed by atoms with Gasteiger partial charge in [0.2, 0.25) is 0 Å². The fourth-order valence-corrected chi connectivity index (χ4v) is 2.82. The lowest BCUT2D eigenvalue weighted by Gasteiger charge is -2.38. The van der Waals surface area contributed by atoms with E-state index in [1.54, 1.807) is 6.26 Å². The predicted molar refractivity (Wildman–Crippen MR) is 69.7 cm³/mol. The van der Waals surface area contributed by atoms with E-state index in [-0.39, 0.29) is 12.1 Å². The van der Waals surface area contributed by atoms with Gasteiger partial charge in [0.25, 0.3) is 0 Å². The van der Waals surface area contributed by atoms with E-state index in [1.165, 1.54) is 12.8 Å². The first kappa shape index (κ1) is 12.7. The van der Waals surface area contributed by atoms with E-state index in [0.717, 1.165) is 31.2 Å². The number of nitrogens with zero attached hydrogens (tertiary/aromatic N) is 1. The molecule has 0 amide bonds. The number of hydrogen-bond acceptors (Lipinski definition) is 3. The highest BCUT2D eigenvalue weighted by Crippen LogP contribution is 2.29. The molecule has 2 N–H and O–H groups in total. The summed E-state index contributed by atoms with van der Waals surface area (Å²) in [5, 5.41) is 0. The lowest BCUT2D eigenvalue weighted by molar-refractivity contribution is 0.0973. The zero-order valence-electron chi connectivity index (χ0n) is 10.9. The minimum Gasteiger partial charge on any atom is -0.468 e. The minimum absolute atomic E-state index is 0.159. The molecule has 0 aliphatic carbocycles. The van der Waals surface area contributed by atoms with Crippen LogP contribution in [0, 0.1) is 5.92 Å². The molecule has 1 aromatic rings. The Balaban J connectivity index is 2.15. The summed E-state index contributed by atoms with van der Waals surface area (Å²) < 4.78 is 5.59. The molecule has 1 aromatic heterocycles. The molecular weight excluding hydrogens is 212 g/mol. The summed E-state index contributed by atoms with van der Waals surface area (Å²) in [5.41, 5.74) is 6.28. The number of hydrogen-bond donors (Lipinski definition) is 1. The van der Waals surface area contributed by atoms with Gasteiger partial charge in [-0.1, -0.05) is 13.8 Å². The van der Waals surface area contributed by atoms with Gasteiger partial charge in [0.15, 0.2) is 0 Å². The molecular formula is C14H24N2O. The molecule has 1 aliphatic heterocycles. The molecule has 0 aromatic carbocycles. The second kappa shape index (κ2) is 5.69. The van der Waals surface area contributed by atoms with E-state index in [2.05, 4.69) is 24.8 Å². The molecule has 0 saturated carbocycles. The molecule has 0 radical (unpaired) electrons. The van der Waals surface area contributed by atoms with Crippen molar-refractivity contribution in [2.24, 2.45) is 11.7 Å². The number of nitrogens with two attached hydrogens (primary N) is 1. The maximum atomic E-state index is 6.28. The smallest absolute Gasteiger partial charge is 0.122 e. The van der Waals surface area contributed by atoms with Crippen molar-refractivity contribution >= 4 is 0 Å². The van der Waals surface area contributed by atoms with E-state index < -0.39 is 0 Å². The summed E-state index contributed by atoms with van der Waals surface area (Å²) >= 11 is 0. The molecule has 3 heteroatoms. The van der Waals surface area contributed by atoms with Gasteiger partial charge in [-0.05, 0) is 43.9 Å². The molecule has 3 unspecified atom stereocenters. The average molecular weight is 236 g/mol. The monoisotopic (exact) mass is 236 g/mol. The van der Waals surface area contributed by atoms with Crippen LogP contribution in [0.4, 0.5) is 0 Å². The largest absolute Gasteiger partial charge is 0.468 e. The third kappa shape index (κ3) is 2.90. The molecule has 2 heterocycles. The van der Waals surface area contributed by atoms with Crippen LogP contribution in [0.1, 0.15) is 44.9 Å². The molecule has 1 saturated heterocycles. The van der Waals surface area contributed by atoms with E-state index >= 15 is 0 Å². The van der Waals surface area contributed by atoms with Crippen molar-refractivity contribution < 1.29 is 4.42 Å². The summed E-state index contributed by atoms with van der Waals surface area (Å²) in [6.07, 6.45) is 5.34. The van der Waals surface area contributed by atoms with Gasteiger partial charge in [-0.25, -0.2) is 0 Å². The number of likely N-dealkylation sites (tertiary alicyclic amines) is 1. The zero-order valence-corrected chi connectivity index (χ0v) is 10.9. The maximum absolute atomic E-state index is 6.28. The van der Waals surface area contributed by atoms with Crippen LogP contribution >= 0.6 is 0 Å². The number of piperidine rings is 1. The highest BCUT2D eigenvalue weighted by molar-refractivity contribution is 5.08. The molecule has 1 fully saturated rings. The Labute approximate surface area is 104 Å². The Morgan fingerprint density at radius 3 is 3.00 bits per heavy atom. The van der Waals surface area contributed by atoms with Crippen molar-refractivity contribution in [1.82, 2.24) is 4.90 Å². The Morgan fingerprint density at radius 2 is 2.41 bits per heavy atom. The van der Waals surface area contributed by atoms with Gasteiger partial charge >= 0.3 is 0 Å². The summed E-state index contributed by atoms with van der Waals surface area (Å²) in [6, 6.07) is 4.42. The van der Waals surface area contributed by atoms with Gasteiger partial charge in [-0.15, -0.1) is 0 Å². The van der Waals surface area contributed by atoms with Crippen LogP contribution in [0.5, 0.6) is 0 Å². The second-order valence-corrected chi connectivity index (χ2v) is 5.27. The normalized spacial score (nSPS) is 25.7. The average Bonchev–Trinajstić information content (AvgIpc) is 2.83. The Hall–Kier alpha value is -0.800.